The largest absolute Gasteiger partial charge is 0.456 e. The van der Waals surface area contributed by atoms with Crippen LogP contribution in [0.25, 0.3) is 0 Å². The maximum atomic E-state index is 12.5. The van der Waals surface area contributed by atoms with Crippen molar-refractivity contribution in [3.05, 3.63) is 29.8 Å². The van der Waals surface area contributed by atoms with Crippen LogP contribution in [0.1, 0.15) is 31.2 Å². The highest BCUT2D eigenvalue weighted by Crippen LogP contribution is 2.21. The third-order valence-corrected chi connectivity index (χ3v) is 5.78. The molecule has 0 saturated carbocycles. The average molecular weight is 354 g/mol. The number of carbonyl (C=O) groups is 2. The number of benzene rings is 1. The molecule has 2 rings (SSSR count). The molecule has 0 bridgehead atoms. The molecule has 0 aromatic heterocycles. The molecule has 0 aliphatic carbocycles. The topological polar surface area (TPSA) is 107 Å². The predicted octanol–water partition coefficient (Wildman–Crippen LogP) is 0.822. The molecule has 0 atom stereocenters. The lowest BCUT2D eigenvalue weighted by atomic mass is 10.1. The Bertz CT molecular complexity index is 679. The molecule has 1 aliphatic heterocycles. The summed E-state index contributed by atoms with van der Waals surface area (Å²) < 4.78 is 31.2. The molecule has 8 heteroatoms. The Labute approximate surface area is 141 Å². The van der Waals surface area contributed by atoms with Crippen molar-refractivity contribution < 1.29 is 22.7 Å². The van der Waals surface area contributed by atoms with Gasteiger partial charge in [-0.2, -0.15) is 4.31 Å². The third-order valence-electron chi connectivity index (χ3n) is 3.87. The first-order valence-electron chi connectivity index (χ1n) is 7.92. The zero-order chi connectivity index (χ0) is 17.6. The highest BCUT2D eigenvalue weighted by Gasteiger charge is 2.25. The quantitative estimate of drug-likeness (QED) is 0.730. The fourth-order valence-electron chi connectivity index (χ4n) is 2.55. The number of primary amides is 1. The number of rotatable bonds is 7. The molecule has 1 aliphatic rings. The van der Waals surface area contributed by atoms with Gasteiger partial charge in [-0.05, 0) is 37.0 Å². The van der Waals surface area contributed by atoms with Gasteiger partial charge in [-0.15, -0.1) is 0 Å². The zero-order valence-electron chi connectivity index (χ0n) is 13.4. The Kier molecular flexibility index (Phi) is 6.33. The SMILES string of the molecule is NC(=O)COC(=O)CCc1ccc(S(=O)(=O)N2CCCCC2)cc1. The molecular weight excluding hydrogens is 332 g/mol. The molecule has 1 amide bonds. The molecule has 0 radical (unpaired) electrons. The average Bonchev–Trinajstić information content (AvgIpc) is 2.59. The van der Waals surface area contributed by atoms with Crippen molar-refractivity contribution in [3.63, 3.8) is 0 Å². The molecule has 1 fully saturated rings. The Morgan fingerprint density at radius 3 is 2.29 bits per heavy atom. The van der Waals surface area contributed by atoms with Gasteiger partial charge in [0.2, 0.25) is 10.0 Å². The fraction of sp³-hybridized carbons (Fsp3) is 0.500. The van der Waals surface area contributed by atoms with Gasteiger partial charge < -0.3 is 10.5 Å². The van der Waals surface area contributed by atoms with Gasteiger partial charge in [-0.25, -0.2) is 8.42 Å². The molecule has 24 heavy (non-hydrogen) atoms. The van der Waals surface area contributed by atoms with Crippen molar-refractivity contribution in [2.45, 2.75) is 37.0 Å². The van der Waals surface area contributed by atoms with E-state index in [-0.39, 0.29) is 11.3 Å². The van der Waals surface area contributed by atoms with Crippen molar-refractivity contribution in [1.29, 1.82) is 0 Å². The summed E-state index contributed by atoms with van der Waals surface area (Å²) in [6.07, 6.45) is 3.36. The Balaban J connectivity index is 1.92. The summed E-state index contributed by atoms with van der Waals surface area (Å²) in [5.74, 6) is -1.21. The summed E-state index contributed by atoms with van der Waals surface area (Å²) in [5.41, 5.74) is 5.71. The molecule has 1 aromatic rings. The van der Waals surface area contributed by atoms with E-state index >= 15 is 0 Å². The van der Waals surface area contributed by atoms with Crippen LogP contribution >= 0.6 is 0 Å². The van der Waals surface area contributed by atoms with Gasteiger partial charge in [0.15, 0.2) is 6.61 Å². The highest BCUT2D eigenvalue weighted by atomic mass is 32.2. The first-order chi connectivity index (χ1) is 11.4. The van der Waals surface area contributed by atoms with Gasteiger partial charge in [0.05, 0.1) is 4.90 Å². The van der Waals surface area contributed by atoms with E-state index in [4.69, 9.17) is 5.73 Å². The summed E-state index contributed by atoms with van der Waals surface area (Å²) >= 11 is 0. The number of aryl methyl sites for hydroxylation is 1. The Morgan fingerprint density at radius 2 is 1.71 bits per heavy atom. The number of piperidine rings is 1. The normalized spacial score (nSPS) is 15.8. The number of nitrogens with zero attached hydrogens (tertiary/aromatic N) is 1. The molecule has 2 N–H and O–H groups in total. The standard InChI is InChI=1S/C16H22N2O5S/c17-15(19)12-23-16(20)9-6-13-4-7-14(8-5-13)24(21,22)18-10-2-1-3-11-18/h4-5,7-8H,1-3,6,9-12H2,(H2,17,19). The molecule has 1 aromatic carbocycles. The number of carbonyl (C=O) groups excluding carboxylic acids is 2. The molecule has 0 spiro atoms. The smallest absolute Gasteiger partial charge is 0.306 e. The summed E-state index contributed by atoms with van der Waals surface area (Å²) in [4.78, 5) is 22.2. The van der Waals surface area contributed by atoms with E-state index in [0.717, 1.165) is 24.8 Å². The van der Waals surface area contributed by atoms with Crippen LogP contribution in [-0.4, -0.2) is 44.3 Å². The van der Waals surface area contributed by atoms with Gasteiger partial charge in [-0.3, -0.25) is 9.59 Å². The van der Waals surface area contributed by atoms with Crippen molar-refractivity contribution in [2.24, 2.45) is 5.73 Å². The van der Waals surface area contributed by atoms with Crippen molar-refractivity contribution in [1.82, 2.24) is 4.31 Å². The highest BCUT2D eigenvalue weighted by molar-refractivity contribution is 7.89. The fourth-order valence-corrected chi connectivity index (χ4v) is 4.07. The van der Waals surface area contributed by atoms with Crippen molar-refractivity contribution >= 4 is 21.9 Å². The van der Waals surface area contributed by atoms with E-state index in [1.54, 1.807) is 24.3 Å². The van der Waals surface area contributed by atoms with E-state index < -0.39 is 28.5 Å². The second-order valence-electron chi connectivity index (χ2n) is 5.74. The number of amides is 1. The van der Waals surface area contributed by atoms with Crippen LogP contribution in [0.4, 0.5) is 0 Å². The maximum absolute atomic E-state index is 12.5. The number of esters is 1. The first kappa shape index (κ1) is 18.4. The van der Waals surface area contributed by atoms with Crippen molar-refractivity contribution in [3.8, 4) is 0 Å². The molecule has 7 nitrogen and oxygen atoms in total. The number of hydrogen-bond acceptors (Lipinski definition) is 5. The summed E-state index contributed by atoms with van der Waals surface area (Å²) in [6.45, 7) is 0.706. The summed E-state index contributed by atoms with van der Waals surface area (Å²) in [5, 5.41) is 0. The van der Waals surface area contributed by atoms with Crippen molar-refractivity contribution in [2.75, 3.05) is 19.7 Å². The monoisotopic (exact) mass is 354 g/mol. The van der Waals surface area contributed by atoms with Gasteiger partial charge in [-0.1, -0.05) is 18.6 Å². The number of ether oxygens (including phenoxy) is 1. The number of hydrogen-bond donors (Lipinski definition) is 1. The lowest BCUT2D eigenvalue weighted by molar-refractivity contribution is -0.147. The van der Waals surface area contributed by atoms with E-state index in [1.165, 1.54) is 4.31 Å². The number of nitrogens with two attached hydrogens (primary N) is 1. The maximum Gasteiger partial charge on any atom is 0.306 e. The Morgan fingerprint density at radius 1 is 1.08 bits per heavy atom. The number of sulfonamides is 1. The molecule has 1 heterocycles. The molecule has 1 saturated heterocycles. The van der Waals surface area contributed by atoms with Crippen LogP contribution in [0.15, 0.2) is 29.2 Å². The minimum absolute atomic E-state index is 0.103. The van der Waals surface area contributed by atoms with Crippen LogP contribution in [0.2, 0.25) is 0 Å². The first-order valence-corrected chi connectivity index (χ1v) is 9.36. The minimum Gasteiger partial charge on any atom is -0.456 e. The molecular formula is C16H22N2O5S. The van der Waals surface area contributed by atoms with E-state index in [2.05, 4.69) is 4.74 Å². The zero-order valence-corrected chi connectivity index (χ0v) is 14.3. The van der Waals surface area contributed by atoms with Crippen LogP contribution in [0.3, 0.4) is 0 Å². The second kappa shape index (κ2) is 8.25. The van der Waals surface area contributed by atoms with Crippen LogP contribution in [0, 0.1) is 0 Å². The van der Waals surface area contributed by atoms with E-state index in [1.807, 2.05) is 0 Å². The minimum atomic E-state index is -3.44. The van der Waals surface area contributed by atoms with E-state index in [9.17, 15) is 18.0 Å². The summed E-state index contributed by atoms with van der Waals surface area (Å²) in [7, 11) is -3.44. The van der Waals surface area contributed by atoms with Gasteiger partial charge in [0.1, 0.15) is 0 Å². The lowest BCUT2D eigenvalue weighted by Crippen LogP contribution is -2.35. The Hall–Kier alpha value is -1.93. The van der Waals surface area contributed by atoms with Crippen LogP contribution < -0.4 is 5.73 Å². The van der Waals surface area contributed by atoms with Gasteiger partial charge in [0.25, 0.3) is 5.91 Å². The molecule has 0 unspecified atom stereocenters. The predicted molar refractivity (Wildman–Crippen MR) is 87.5 cm³/mol. The van der Waals surface area contributed by atoms with Crippen LogP contribution in [-0.2, 0) is 30.8 Å². The lowest BCUT2D eigenvalue weighted by Gasteiger charge is -2.25. The van der Waals surface area contributed by atoms with Gasteiger partial charge in [0, 0.05) is 19.5 Å². The second-order valence-corrected chi connectivity index (χ2v) is 7.67. The third kappa shape index (κ3) is 5.04. The summed E-state index contributed by atoms with van der Waals surface area (Å²) in [6, 6.07) is 6.51. The molecule has 132 valence electrons. The van der Waals surface area contributed by atoms with E-state index in [0.29, 0.717) is 19.5 Å². The van der Waals surface area contributed by atoms with Crippen LogP contribution in [0.5, 0.6) is 0 Å². The van der Waals surface area contributed by atoms with Gasteiger partial charge >= 0.3 is 5.97 Å².